The highest BCUT2D eigenvalue weighted by atomic mass is 32.2. The fourth-order valence-electron chi connectivity index (χ4n) is 4.07. The van der Waals surface area contributed by atoms with Crippen LogP contribution in [0.3, 0.4) is 0 Å². The number of benzene rings is 3. The van der Waals surface area contributed by atoms with Gasteiger partial charge in [0.1, 0.15) is 11.9 Å². The first kappa shape index (κ1) is 22.9. The molecule has 0 saturated heterocycles. The van der Waals surface area contributed by atoms with Crippen LogP contribution in [0.2, 0.25) is 0 Å². The van der Waals surface area contributed by atoms with Crippen LogP contribution in [0.5, 0.6) is 0 Å². The molecule has 0 unspecified atom stereocenters. The van der Waals surface area contributed by atoms with Gasteiger partial charge in [-0.2, -0.15) is 4.98 Å². The quantitative estimate of drug-likeness (QED) is 0.331. The first-order valence-electron chi connectivity index (χ1n) is 11.2. The highest BCUT2D eigenvalue weighted by Crippen LogP contribution is 2.37. The van der Waals surface area contributed by atoms with Gasteiger partial charge in [0.25, 0.3) is 5.91 Å². The van der Waals surface area contributed by atoms with Gasteiger partial charge in [0.05, 0.1) is 5.57 Å². The minimum absolute atomic E-state index is 0.259. The highest BCUT2D eigenvalue weighted by molar-refractivity contribution is 7.98. The van der Waals surface area contributed by atoms with Gasteiger partial charge in [-0.1, -0.05) is 66.4 Å². The monoisotopic (exact) mass is 485 g/mol. The predicted octanol–water partition coefficient (Wildman–Crippen LogP) is 5.95. The van der Waals surface area contributed by atoms with Crippen molar-refractivity contribution in [3.05, 3.63) is 113 Å². The van der Waals surface area contributed by atoms with Crippen molar-refractivity contribution in [3.8, 4) is 0 Å². The third-order valence-electron chi connectivity index (χ3n) is 5.91. The third-order valence-corrected chi connectivity index (χ3v) is 6.80. The van der Waals surface area contributed by atoms with Crippen LogP contribution in [-0.4, -0.2) is 20.7 Å². The Labute approximate surface area is 207 Å². The van der Waals surface area contributed by atoms with E-state index in [1.165, 1.54) is 35.0 Å². The summed E-state index contributed by atoms with van der Waals surface area (Å²) in [5, 5.41) is 11.6. The van der Waals surface area contributed by atoms with Gasteiger partial charge in [-0.25, -0.2) is 9.07 Å². The SMILES string of the molecule is CC1=C(C(=O)Nc2ccccc2)[C@@H](c2ccc(F)cc2)n2nc(SCc3ccccc3C)nc2N1. The van der Waals surface area contributed by atoms with E-state index in [0.29, 0.717) is 28.1 Å². The van der Waals surface area contributed by atoms with Gasteiger partial charge in [-0.05, 0) is 54.8 Å². The Kier molecular flexibility index (Phi) is 6.37. The molecule has 4 aromatic rings. The van der Waals surface area contributed by atoms with Crippen LogP contribution >= 0.6 is 11.8 Å². The lowest BCUT2D eigenvalue weighted by atomic mass is 9.95. The second kappa shape index (κ2) is 9.76. The average Bonchev–Trinajstić information content (AvgIpc) is 3.26. The average molecular weight is 486 g/mol. The van der Waals surface area contributed by atoms with E-state index < -0.39 is 6.04 Å². The molecule has 176 valence electrons. The second-order valence-corrected chi connectivity index (χ2v) is 9.26. The van der Waals surface area contributed by atoms with Gasteiger partial charge in [0.15, 0.2) is 0 Å². The number of amides is 1. The lowest BCUT2D eigenvalue weighted by molar-refractivity contribution is -0.113. The van der Waals surface area contributed by atoms with Gasteiger partial charge in [-0.3, -0.25) is 4.79 Å². The molecular formula is C27H24FN5OS. The number of allylic oxidation sites excluding steroid dienone is 1. The number of carbonyl (C=O) groups excluding carboxylic acids is 1. The minimum atomic E-state index is -0.559. The Bertz CT molecular complexity index is 1400. The van der Waals surface area contributed by atoms with E-state index in [1.54, 1.807) is 16.8 Å². The molecule has 0 fully saturated rings. The molecule has 2 N–H and O–H groups in total. The second-order valence-electron chi connectivity index (χ2n) is 8.32. The van der Waals surface area contributed by atoms with Gasteiger partial charge < -0.3 is 10.6 Å². The molecule has 0 bridgehead atoms. The van der Waals surface area contributed by atoms with Crippen LogP contribution in [0.1, 0.15) is 29.7 Å². The zero-order valence-corrected chi connectivity index (χ0v) is 20.1. The Hall–Kier alpha value is -3.91. The molecular weight excluding hydrogens is 461 g/mol. The molecule has 2 heterocycles. The van der Waals surface area contributed by atoms with Crippen molar-refractivity contribution >= 4 is 29.3 Å². The zero-order valence-electron chi connectivity index (χ0n) is 19.3. The van der Waals surface area contributed by atoms with Crippen molar-refractivity contribution in [2.24, 2.45) is 0 Å². The number of aromatic nitrogens is 3. The van der Waals surface area contributed by atoms with Gasteiger partial charge in [-0.15, -0.1) is 5.10 Å². The van der Waals surface area contributed by atoms with Crippen molar-refractivity contribution in [3.63, 3.8) is 0 Å². The van der Waals surface area contributed by atoms with Crippen LogP contribution in [-0.2, 0) is 10.5 Å². The summed E-state index contributed by atoms with van der Waals surface area (Å²) in [7, 11) is 0. The van der Waals surface area contributed by atoms with Crippen molar-refractivity contribution in [1.82, 2.24) is 14.8 Å². The van der Waals surface area contributed by atoms with Crippen molar-refractivity contribution in [2.45, 2.75) is 30.8 Å². The number of halogens is 1. The maximum atomic E-state index is 13.7. The standard InChI is InChI=1S/C27H24FN5OS/c1-17-8-6-7-9-20(17)16-35-27-31-26-29-18(2)23(25(34)30-22-10-4-3-5-11-22)24(33(26)32-27)19-12-14-21(28)15-13-19/h3-15,24H,16H2,1-2H3,(H,30,34)(H,29,31,32)/t24-/m1/s1. The fourth-order valence-corrected chi connectivity index (χ4v) is 4.98. The number of fused-ring (bicyclic) bond motifs is 1. The molecule has 1 aliphatic rings. The molecule has 0 spiro atoms. The number of nitrogens with one attached hydrogen (secondary N) is 2. The number of thioether (sulfide) groups is 1. The maximum Gasteiger partial charge on any atom is 0.255 e. The Morgan fingerprint density at radius 3 is 2.49 bits per heavy atom. The van der Waals surface area contributed by atoms with E-state index in [-0.39, 0.29) is 11.7 Å². The number of anilines is 2. The summed E-state index contributed by atoms with van der Waals surface area (Å²) >= 11 is 1.53. The molecule has 1 amide bonds. The van der Waals surface area contributed by atoms with E-state index in [2.05, 4.69) is 34.7 Å². The number of hydrogen-bond donors (Lipinski definition) is 2. The van der Waals surface area contributed by atoms with E-state index >= 15 is 0 Å². The van der Waals surface area contributed by atoms with E-state index in [4.69, 9.17) is 5.10 Å². The molecule has 1 aliphatic heterocycles. The Balaban J connectivity index is 1.49. The summed E-state index contributed by atoms with van der Waals surface area (Å²) < 4.78 is 15.4. The summed E-state index contributed by atoms with van der Waals surface area (Å²) in [5.41, 5.74) is 5.02. The molecule has 5 rings (SSSR count). The van der Waals surface area contributed by atoms with E-state index in [0.717, 1.165) is 11.3 Å². The fraction of sp³-hybridized carbons (Fsp3) is 0.148. The van der Waals surface area contributed by atoms with E-state index in [9.17, 15) is 9.18 Å². The van der Waals surface area contributed by atoms with Gasteiger partial charge in [0.2, 0.25) is 11.1 Å². The topological polar surface area (TPSA) is 71.8 Å². The molecule has 6 nitrogen and oxygen atoms in total. The molecule has 1 aromatic heterocycles. The Morgan fingerprint density at radius 1 is 1.03 bits per heavy atom. The first-order chi connectivity index (χ1) is 17.0. The van der Waals surface area contributed by atoms with Crippen LogP contribution in [0.25, 0.3) is 0 Å². The first-order valence-corrected chi connectivity index (χ1v) is 12.2. The number of nitrogens with zero attached hydrogens (tertiary/aromatic N) is 3. The number of rotatable bonds is 6. The number of hydrogen-bond acceptors (Lipinski definition) is 5. The normalized spacial score (nSPS) is 14.9. The highest BCUT2D eigenvalue weighted by Gasteiger charge is 2.34. The van der Waals surface area contributed by atoms with Crippen molar-refractivity contribution in [1.29, 1.82) is 0 Å². The summed E-state index contributed by atoms with van der Waals surface area (Å²) in [6, 6.07) is 23.1. The lowest BCUT2D eigenvalue weighted by Gasteiger charge is -2.28. The molecule has 1 atom stereocenters. The minimum Gasteiger partial charge on any atom is -0.328 e. The lowest BCUT2D eigenvalue weighted by Crippen LogP contribution is -2.31. The molecule has 0 radical (unpaired) electrons. The molecule has 0 aliphatic carbocycles. The van der Waals surface area contributed by atoms with Crippen LogP contribution in [0.15, 0.2) is 95.3 Å². The molecule has 8 heteroatoms. The summed E-state index contributed by atoms with van der Waals surface area (Å²) in [6.45, 7) is 3.92. The largest absolute Gasteiger partial charge is 0.328 e. The predicted molar refractivity (Wildman–Crippen MR) is 137 cm³/mol. The van der Waals surface area contributed by atoms with Gasteiger partial charge >= 0.3 is 0 Å². The van der Waals surface area contributed by atoms with Crippen molar-refractivity contribution in [2.75, 3.05) is 10.6 Å². The Morgan fingerprint density at radius 2 is 1.74 bits per heavy atom. The summed E-state index contributed by atoms with van der Waals surface area (Å²) in [6.07, 6.45) is 0. The summed E-state index contributed by atoms with van der Waals surface area (Å²) in [4.78, 5) is 18.1. The number of aryl methyl sites for hydroxylation is 1. The van der Waals surface area contributed by atoms with Crippen LogP contribution in [0.4, 0.5) is 16.0 Å². The van der Waals surface area contributed by atoms with Crippen LogP contribution < -0.4 is 10.6 Å². The van der Waals surface area contributed by atoms with Crippen molar-refractivity contribution < 1.29 is 9.18 Å². The summed E-state index contributed by atoms with van der Waals surface area (Å²) in [5.74, 6) is 0.670. The smallest absolute Gasteiger partial charge is 0.255 e. The number of carbonyl (C=O) groups is 1. The van der Waals surface area contributed by atoms with Gasteiger partial charge in [0, 0.05) is 17.1 Å². The van der Waals surface area contributed by atoms with Crippen LogP contribution in [0, 0.1) is 12.7 Å². The molecule has 3 aromatic carbocycles. The zero-order chi connectivity index (χ0) is 24.4. The maximum absolute atomic E-state index is 13.7. The van der Waals surface area contributed by atoms with E-state index in [1.807, 2.05) is 49.4 Å². The number of para-hydroxylation sites is 1. The third kappa shape index (κ3) is 4.83. The molecule has 35 heavy (non-hydrogen) atoms. The molecule has 0 saturated carbocycles.